The zero-order chi connectivity index (χ0) is 23.9. The third-order valence-electron chi connectivity index (χ3n) is 5.65. The van der Waals surface area contributed by atoms with Crippen LogP contribution in [0.5, 0.6) is 5.75 Å². The molecule has 1 aliphatic heterocycles. The van der Waals surface area contributed by atoms with Crippen LogP contribution in [0.1, 0.15) is 29.3 Å². The molecule has 2 heterocycles. The van der Waals surface area contributed by atoms with Gasteiger partial charge in [0.15, 0.2) is 0 Å². The first-order valence-electron chi connectivity index (χ1n) is 10.0. The van der Waals surface area contributed by atoms with Crippen LogP contribution in [-0.2, 0) is 23.7 Å². The number of nitriles is 1. The van der Waals surface area contributed by atoms with E-state index >= 15 is 0 Å². The molecule has 0 saturated carbocycles. The van der Waals surface area contributed by atoms with Gasteiger partial charge in [-0.05, 0) is 24.3 Å². The summed E-state index contributed by atoms with van der Waals surface area (Å²) < 4.78 is 19.4. The van der Waals surface area contributed by atoms with Crippen molar-refractivity contribution in [1.29, 1.82) is 5.26 Å². The standard InChI is InChI=1S/C23H20ClFN4O4/c1-12(30)29-6-5-19-16(11-29)22(15-7-13(10-26)18(25)9-20(15)27-19)28-23(31,32)14-3-4-21(33-2)17(24)8-14/h3-4,7-9,31-32H,5-6,11H2,1-2H3,(H,27,28). The number of methoxy groups -OCH3 is 1. The van der Waals surface area contributed by atoms with Gasteiger partial charge in [0.25, 0.3) is 5.91 Å². The predicted octanol–water partition coefficient (Wildman–Crippen LogP) is 3.02. The van der Waals surface area contributed by atoms with Crippen molar-refractivity contribution >= 4 is 34.1 Å². The number of anilines is 1. The van der Waals surface area contributed by atoms with Gasteiger partial charge in [-0.15, -0.1) is 0 Å². The number of aromatic nitrogens is 1. The van der Waals surface area contributed by atoms with Crippen LogP contribution in [0.25, 0.3) is 10.9 Å². The molecule has 0 spiro atoms. The summed E-state index contributed by atoms with van der Waals surface area (Å²) >= 11 is 6.15. The van der Waals surface area contributed by atoms with Crippen molar-refractivity contribution < 1.29 is 24.1 Å². The van der Waals surface area contributed by atoms with E-state index in [1.165, 1.54) is 38.3 Å². The molecule has 0 bridgehead atoms. The Kier molecular flexibility index (Phi) is 5.84. The monoisotopic (exact) mass is 470 g/mol. The molecule has 1 amide bonds. The molecular weight excluding hydrogens is 451 g/mol. The number of halogens is 2. The number of hydrogen-bond acceptors (Lipinski definition) is 7. The molecule has 0 atom stereocenters. The van der Waals surface area contributed by atoms with Crippen LogP contribution in [0.15, 0.2) is 30.3 Å². The van der Waals surface area contributed by atoms with Gasteiger partial charge >= 0.3 is 0 Å². The Hall–Kier alpha value is -3.45. The number of nitrogens with one attached hydrogen (secondary N) is 1. The molecule has 8 nitrogen and oxygen atoms in total. The number of fused-ring (bicyclic) bond motifs is 2. The van der Waals surface area contributed by atoms with Gasteiger partial charge in [0.05, 0.1) is 28.9 Å². The van der Waals surface area contributed by atoms with E-state index < -0.39 is 11.7 Å². The number of rotatable bonds is 4. The number of carbonyl (C=O) groups is 1. The lowest BCUT2D eigenvalue weighted by atomic mass is 9.98. The Morgan fingerprint density at radius 1 is 1.36 bits per heavy atom. The molecular formula is C23H20ClFN4O4. The average molecular weight is 471 g/mol. The van der Waals surface area contributed by atoms with E-state index in [2.05, 4.69) is 10.3 Å². The van der Waals surface area contributed by atoms with E-state index in [1.54, 1.807) is 11.0 Å². The second-order valence-electron chi connectivity index (χ2n) is 7.71. The van der Waals surface area contributed by atoms with Crippen molar-refractivity contribution in [2.24, 2.45) is 0 Å². The summed E-state index contributed by atoms with van der Waals surface area (Å²) in [5.74, 6) is -3.12. The Morgan fingerprint density at radius 3 is 2.76 bits per heavy atom. The van der Waals surface area contributed by atoms with Crippen molar-refractivity contribution in [1.82, 2.24) is 9.88 Å². The normalized spacial score (nSPS) is 13.4. The lowest BCUT2D eigenvalue weighted by molar-refractivity contribution is -0.143. The molecule has 3 aromatic rings. The second kappa shape index (κ2) is 8.48. The van der Waals surface area contributed by atoms with E-state index in [0.29, 0.717) is 35.4 Å². The minimum absolute atomic E-state index is 0.0221. The van der Waals surface area contributed by atoms with Gasteiger partial charge in [-0.2, -0.15) is 5.26 Å². The maximum Gasteiger partial charge on any atom is 0.272 e. The van der Waals surface area contributed by atoms with Crippen LogP contribution in [0.2, 0.25) is 5.02 Å². The smallest absolute Gasteiger partial charge is 0.272 e. The quantitative estimate of drug-likeness (QED) is 0.501. The third-order valence-corrected chi connectivity index (χ3v) is 5.94. The number of nitrogens with zero attached hydrogens (tertiary/aromatic N) is 3. The maximum absolute atomic E-state index is 14.3. The van der Waals surface area contributed by atoms with Gasteiger partial charge in [0, 0.05) is 54.7 Å². The zero-order valence-corrected chi connectivity index (χ0v) is 18.6. The summed E-state index contributed by atoms with van der Waals surface area (Å²) in [5, 5.41) is 34.4. The Labute approximate surface area is 193 Å². The minimum Gasteiger partial charge on any atom is -0.495 e. The van der Waals surface area contributed by atoms with E-state index in [4.69, 9.17) is 16.3 Å². The number of carbonyl (C=O) groups excluding carboxylic acids is 1. The Morgan fingerprint density at radius 2 is 2.12 bits per heavy atom. The van der Waals surface area contributed by atoms with E-state index in [9.17, 15) is 24.7 Å². The van der Waals surface area contributed by atoms with Crippen LogP contribution in [0.3, 0.4) is 0 Å². The van der Waals surface area contributed by atoms with Crippen molar-refractivity contribution in [3.8, 4) is 11.8 Å². The number of pyridine rings is 1. The second-order valence-corrected chi connectivity index (χ2v) is 8.12. The molecule has 0 unspecified atom stereocenters. The fraction of sp³-hybridized carbons (Fsp3) is 0.261. The van der Waals surface area contributed by atoms with Gasteiger partial charge in [-0.1, -0.05) is 11.6 Å². The fourth-order valence-electron chi connectivity index (χ4n) is 3.89. The molecule has 170 valence electrons. The molecule has 0 aliphatic carbocycles. The topological polar surface area (TPSA) is 119 Å². The van der Waals surface area contributed by atoms with Crippen molar-refractivity contribution in [3.63, 3.8) is 0 Å². The summed E-state index contributed by atoms with van der Waals surface area (Å²) in [6, 6.07) is 8.47. The summed E-state index contributed by atoms with van der Waals surface area (Å²) in [6.07, 6.45) is 0.402. The van der Waals surface area contributed by atoms with E-state index in [0.717, 1.165) is 6.07 Å². The molecule has 4 rings (SSSR count). The molecule has 3 N–H and O–H groups in total. The first-order valence-corrected chi connectivity index (χ1v) is 10.4. The van der Waals surface area contributed by atoms with E-state index in [-0.39, 0.29) is 39.8 Å². The van der Waals surface area contributed by atoms with Gasteiger partial charge in [0.2, 0.25) is 5.91 Å². The van der Waals surface area contributed by atoms with Crippen LogP contribution in [0, 0.1) is 17.1 Å². The van der Waals surface area contributed by atoms with Gasteiger partial charge in [0.1, 0.15) is 17.6 Å². The minimum atomic E-state index is -2.60. The van der Waals surface area contributed by atoms with Crippen molar-refractivity contribution in [2.75, 3.05) is 19.0 Å². The molecule has 2 aromatic carbocycles. The first kappa shape index (κ1) is 22.7. The van der Waals surface area contributed by atoms with Crippen molar-refractivity contribution in [2.45, 2.75) is 25.8 Å². The highest BCUT2D eigenvalue weighted by Crippen LogP contribution is 2.37. The lowest BCUT2D eigenvalue weighted by Crippen LogP contribution is -2.38. The average Bonchev–Trinajstić information content (AvgIpc) is 2.78. The molecule has 0 saturated heterocycles. The van der Waals surface area contributed by atoms with Crippen LogP contribution >= 0.6 is 11.6 Å². The number of amides is 1. The molecule has 1 aromatic heterocycles. The van der Waals surface area contributed by atoms with Crippen LogP contribution in [-0.4, -0.2) is 39.7 Å². The highest BCUT2D eigenvalue weighted by atomic mass is 35.5. The Bertz CT molecular complexity index is 1320. The molecule has 1 aliphatic rings. The van der Waals surface area contributed by atoms with Gasteiger partial charge in [-0.25, -0.2) is 4.39 Å². The van der Waals surface area contributed by atoms with Crippen molar-refractivity contribution in [3.05, 3.63) is 63.6 Å². The van der Waals surface area contributed by atoms with Crippen LogP contribution < -0.4 is 10.1 Å². The summed E-state index contributed by atoms with van der Waals surface area (Å²) in [4.78, 5) is 18.1. The van der Waals surface area contributed by atoms with Gasteiger partial charge in [-0.3, -0.25) is 9.78 Å². The molecule has 0 radical (unpaired) electrons. The number of benzene rings is 2. The SMILES string of the molecule is COc1ccc(C(O)(O)Nc2c3c(nc4cc(F)c(C#N)cc24)CCN(C(C)=O)C3)cc1Cl. The summed E-state index contributed by atoms with van der Waals surface area (Å²) in [6.45, 7) is 2.03. The number of aliphatic hydroxyl groups is 2. The molecule has 10 heteroatoms. The molecule has 0 fully saturated rings. The highest BCUT2D eigenvalue weighted by Gasteiger charge is 2.32. The summed E-state index contributed by atoms with van der Waals surface area (Å²) in [5.41, 5.74) is 1.41. The fourth-order valence-corrected chi connectivity index (χ4v) is 4.15. The lowest BCUT2D eigenvalue weighted by Gasteiger charge is -2.32. The highest BCUT2D eigenvalue weighted by molar-refractivity contribution is 6.32. The number of hydrogen-bond donors (Lipinski definition) is 3. The first-order chi connectivity index (χ1) is 15.6. The zero-order valence-electron chi connectivity index (χ0n) is 17.8. The largest absolute Gasteiger partial charge is 0.495 e. The number of ether oxygens (including phenoxy) is 1. The Balaban J connectivity index is 1.90. The maximum atomic E-state index is 14.3. The van der Waals surface area contributed by atoms with Gasteiger partial charge < -0.3 is 25.2 Å². The summed E-state index contributed by atoms with van der Waals surface area (Å²) in [7, 11) is 1.44. The third kappa shape index (κ3) is 4.16. The molecule has 33 heavy (non-hydrogen) atoms. The van der Waals surface area contributed by atoms with Crippen LogP contribution in [0.4, 0.5) is 10.1 Å². The predicted molar refractivity (Wildman–Crippen MR) is 119 cm³/mol. The van der Waals surface area contributed by atoms with E-state index in [1.807, 2.05) is 0 Å².